The quantitative estimate of drug-likeness (QED) is 0.287. The van der Waals surface area contributed by atoms with Crippen molar-refractivity contribution in [1.29, 1.82) is 0 Å². The number of primary amides is 1. The Balaban J connectivity index is 1.24. The fraction of sp³-hybridized carbons (Fsp3) is 0.333. The lowest BCUT2D eigenvalue weighted by Gasteiger charge is -2.43. The van der Waals surface area contributed by atoms with Crippen molar-refractivity contribution in [2.45, 2.75) is 49.3 Å². The van der Waals surface area contributed by atoms with Crippen LogP contribution in [-0.4, -0.2) is 57.6 Å². The van der Waals surface area contributed by atoms with Crippen LogP contribution in [0.2, 0.25) is 0 Å². The second-order valence-corrected chi connectivity index (χ2v) is 14.1. The number of allylic oxidation sites excluding steroid dienone is 2. The molecule has 1 fully saturated rings. The molecule has 8 nitrogen and oxygen atoms in total. The Labute approximate surface area is 266 Å². The molecule has 0 aliphatic carbocycles. The van der Waals surface area contributed by atoms with E-state index in [9.17, 15) is 18.0 Å². The lowest BCUT2D eigenvalue weighted by Crippen LogP contribution is -2.44. The number of sulfone groups is 1. The molecule has 2 amide bonds. The Morgan fingerprint density at radius 3 is 1.91 bits per heavy atom. The molecule has 5 rings (SSSR count). The molecule has 45 heavy (non-hydrogen) atoms. The molecule has 2 aliphatic heterocycles. The van der Waals surface area contributed by atoms with Gasteiger partial charge in [0.15, 0.2) is 9.84 Å². The number of likely N-dealkylation sites (tertiary alicyclic amines) is 1. The first-order valence-corrected chi connectivity index (χ1v) is 17.3. The Morgan fingerprint density at radius 2 is 1.40 bits per heavy atom. The molecule has 0 radical (unpaired) electrons. The number of rotatable bonds is 10. The van der Waals surface area contributed by atoms with Crippen LogP contribution in [0.3, 0.4) is 0 Å². The largest absolute Gasteiger partial charge is 0.366 e. The number of piperidine rings is 1. The van der Waals surface area contributed by atoms with Crippen LogP contribution >= 0.6 is 0 Å². The summed E-state index contributed by atoms with van der Waals surface area (Å²) in [6.07, 6.45) is 3.96. The average molecular weight is 627 g/mol. The van der Waals surface area contributed by atoms with Crippen LogP contribution in [0, 0.1) is 0 Å². The molecule has 0 spiro atoms. The predicted octanol–water partition coefficient (Wildman–Crippen LogP) is 4.40. The van der Waals surface area contributed by atoms with Gasteiger partial charge < -0.3 is 21.3 Å². The third-order valence-electron chi connectivity index (χ3n) is 9.21. The zero-order valence-electron chi connectivity index (χ0n) is 26.2. The van der Waals surface area contributed by atoms with Gasteiger partial charge in [-0.1, -0.05) is 72.8 Å². The molecule has 0 aromatic heterocycles. The maximum Gasteiger partial charge on any atom is 0.249 e. The van der Waals surface area contributed by atoms with E-state index in [0.29, 0.717) is 29.1 Å². The number of nitrogens with one attached hydrogen (secondary N) is 2. The second kappa shape index (κ2) is 13.4. The predicted molar refractivity (Wildman–Crippen MR) is 177 cm³/mol. The SMILES string of the molecule is CC1=C(C(N)=O)C(c2ccc(S(C)(=O)=O)cc2)C(C(=O)NCCCN2CCC(c3ccccc3)(c3ccccc3)CC2)=C(C)N1. The first-order chi connectivity index (χ1) is 21.5. The highest BCUT2D eigenvalue weighted by Crippen LogP contribution is 2.42. The van der Waals surface area contributed by atoms with Crippen LogP contribution in [-0.2, 0) is 24.8 Å². The van der Waals surface area contributed by atoms with Crippen molar-refractivity contribution in [2.24, 2.45) is 5.73 Å². The Kier molecular flexibility index (Phi) is 9.60. The number of dihydropyridines is 1. The van der Waals surface area contributed by atoms with Gasteiger partial charge in [0.1, 0.15) is 0 Å². The van der Waals surface area contributed by atoms with E-state index in [1.807, 2.05) is 0 Å². The number of amides is 2. The fourth-order valence-electron chi connectivity index (χ4n) is 6.88. The smallest absolute Gasteiger partial charge is 0.249 e. The molecule has 1 unspecified atom stereocenters. The molecule has 4 N–H and O–H groups in total. The van der Waals surface area contributed by atoms with Crippen molar-refractivity contribution in [3.8, 4) is 0 Å². The summed E-state index contributed by atoms with van der Waals surface area (Å²) in [5.41, 5.74) is 11.0. The van der Waals surface area contributed by atoms with Crippen LogP contribution in [0.1, 0.15) is 55.7 Å². The minimum atomic E-state index is -3.40. The van der Waals surface area contributed by atoms with Crippen molar-refractivity contribution in [2.75, 3.05) is 32.4 Å². The molecule has 1 saturated heterocycles. The number of nitrogens with zero attached hydrogens (tertiary/aromatic N) is 1. The first kappa shape index (κ1) is 32.2. The molecular formula is C36H42N4O4S. The van der Waals surface area contributed by atoms with E-state index in [0.717, 1.165) is 45.2 Å². The normalized spacial score (nSPS) is 18.8. The summed E-state index contributed by atoms with van der Waals surface area (Å²) in [5.74, 6) is -1.64. The highest BCUT2D eigenvalue weighted by Gasteiger charge is 2.38. The van der Waals surface area contributed by atoms with E-state index < -0.39 is 21.7 Å². The second-order valence-electron chi connectivity index (χ2n) is 12.1. The third-order valence-corrected chi connectivity index (χ3v) is 10.3. The highest BCUT2D eigenvalue weighted by atomic mass is 32.2. The lowest BCUT2D eigenvalue weighted by molar-refractivity contribution is -0.117. The Morgan fingerprint density at radius 1 is 0.867 bits per heavy atom. The zero-order valence-corrected chi connectivity index (χ0v) is 27.0. The molecular weight excluding hydrogens is 584 g/mol. The summed E-state index contributed by atoms with van der Waals surface area (Å²) in [5, 5.41) is 6.21. The number of carbonyl (C=O) groups excluding carboxylic acids is 2. The molecule has 0 bridgehead atoms. The van der Waals surface area contributed by atoms with Gasteiger partial charge in [-0.15, -0.1) is 0 Å². The van der Waals surface area contributed by atoms with E-state index in [4.69, 9.17) is 5.73 Å². The van der Waals surface area contributed by atoms with E-state index in [1.165, 1.54) is 23.3 Å². The molecule has 3 aromatic rings. The molecule has 9 heteroatoms. The van der Waals surface area contributed by atoms with E-state index >= 15 is 0 Å². The molecule has 0 saturated carbocycles. The molecule has 236 valence electrons. The van der Waals surface area contributed by atoms with Crippen molar-refractivity contribution >= 4 is 21.7 Å². The number of hydrogen-bond donors (Lipinski definition) is 3. The summed E-state index contributed by atoms with van der Waals surface area (Å²) >= 11 is 0. The van der Waals surface area contributed by atoms with Gasteiger partial charge in [-0.2, -0.15) is 0 Å². The van der Waals surface area contributed by atoms with Gasteiger partial charge in [0.05, 0.1) is 4.90 Å². The molecule has 2 aliphatic rings. The van der Waals surface area contributed by atoms with Gasteiger partial charge in [0.25, 0.3) is 0 Å². The van der Waals surface area contributed by atoms with Gasteiger partial charge in [0, 0.05) is 46.7 Å². The average Bonchev–Trinajstić information content (AvgIpc) is 3.03. The lowest BCUT2D eigenvalue weighted by atomic mass is 9.68. The van der Waals surface area contributed by atoms with Crippen molar-refractivity contribution in [1.82, 2.24) is 15.5 Å². The maximum atomic E-state index is 13.7. The van der Waals surface area contributed by atoms with Crippen LogP contribution < -0.4 is 16.4 Å². The summed E-state index contributed by atoms with van der Waals surface area (Å²) in [7, 11) is -3.40. The summed E-state index contributed by atoms with van der Waals surface area (Å²) in [6.45, 7) is 6.81. The van der Waals surface area contributed by atoms with Gasteiger partial charge in [-0.25, -0.2) is 8.42 Å². The molecule has 2 heterocycles. The summed E-state index contributed by atoms with van der Waals surface area (Å²) in [6, 6.07) is 27.8. The zero-order chi connectivity index (χ0) is 32.2. The van der Waals surface area contributed by atoms with Crippen LogP contribution in [0.4, 0.5) is 0 Å². The van der Waals surface area contributed by atoms with Crippen molar-refractivity contribution in [3.05, 3.63) is 124 Å². The third kappa shape index (κ3) is 6.89. The first-order valence-electron chi connectivity index (χ1n) is 15.4. The minimum Gasteiger partial charge on any atom is -0.366 e. The Bertz CT molecular complexity index is 1670. The van der Waals surface area contributed by atoms with Crippen molar-refractivity contribution in [3.63, 3.8) is 0 Å². The van der Waals surface area contributed by atoms with Gasteiger partial charge in [-0.05, 0) is 81.6 Å². The van der Waals surface area contributed by atoms with Crippen molar-refractivity contribution < 1.29 is 18.0 Å². The summed E-state index contributed by atoms with van der Waals surface area (Å²) < 4.78 is 24.0. The molecule has 3 aromatic carbocycles. The van der Waals surface area contributed by atoms with Crippen LogP contribution in [0.15, 0.2) is 112 Å². The van der Waals surface area contributed by atoms with Gasteiger partial charge in [-0.3, -0.25) is 9.59 Å². The van der Waals surface area contributed by atoms with Crippen LogP contribution in [0.5, 0.6) is 0 Å². The highest BCUT2D eigenvalue weighted by molar-refractivity contribution is 7.90. The number of benzene rings is 3. The number of nitrogens with two attached hydrogens (primary N) is 1. The number of carbonyl (C=O) groups is 2. The molecule has 1 atom stereocenters. The van der Waals surface area contributed by atoms with E-state index in [1.54, 1.807) is 26.0 Å². The monoisotopic (exact) mass is 626 g/mol. The van der Waals surface area contributed by atoms with Gasteiger partial charge in [0.2, 0.25) is 11.8 Å². The Hall–Kier alpha value is -4.21. The van der Waals surface area contributed by atoms with Gasteiger partial charge >= 0.3 is 0 Å². The summed E-state index contributed by atoms with van der Waals surface area (Å²) in [4.78, 5) is 28.9. The topological polar surface area (TPSA) is 122 Å². The van der Waals surface area contributed by atoms with E-state index in [-0.39, 0.29) is 21.8 Å². The van der Waals surface area contributed by atoms with E-state index in [2.05, 4.69) is 76.2 Å². The minimum absolute atomic E-state index is 0.0104. The standard InChI is InChI=1S/C36H42N4O4S/c1-25-31(34(37)41)33(27-15-17-30(18-16-27)45(3,43)44)32(26(2)39-25)35(42)38-21-10-22-40-23-19-36(20-24-40,28-11-6-4-7-12-28)29-13-8-5-9-14-29/h4-9,11-18,33,39H,10,19-24H2,1-3H3,(H2,37,41)(H,38,42). The fourth-order valence-corrected chi connectivity index (χ4v) is 7.51. The maximum absolute atomic E-state index is 13.7. The van der Waals surface area contributed by atoms with Crippen LogP contribution in [0.25, 0.3) is 0 Å². The number of hydrogen-bond acceptors (Lipinski definition) is 6.